The first-order valence-electron chi connectivity index (χ1n) is 2.63. The molecule has 3 N–H and O–H groups in total. The van der Waals surface area contributed by atoms with Gasteiger partial charge < -0.3 is 15.6 Å². The Morgan fingerprint density at radius 1 is 1.55 bits per heavy atom. The van der Waals surface area contributed by atoms with Gasteiger partial charge in [0.1, 0.15) is 5.70 Å². The Labute approximate surface area is 62.8 Å². The number of carboxylic acid groups (broad SMARTS) is 1. The van der Waals surface area contributed by atoms with Crippen molar-refractivity contribution in [1.82, 2.24) is 0 Å². The third-order valence-corrected chi connectivity index (χ3v) is 0.735. The summed E-state index contributed by atoms with van der Waals surface area (Å²) in [4.78, 5) is 19.6. The summed E-state index contributed by atoms with van der Waals surface area (Å²) in [6.45, 7) is 0.210. The van der Waals surface area contributed by atoms with Gasteiger partial charge in [-0.25, -0.2) is 4.79 Å². The van der Waals surface area contributed by atoms with Gasteiger partial charge in [-0.2, -0.15) is 0 Å². The number of rotatable bonds is 4. The molecule has 0 amide bonds. The lowest BCUT2D eigenvalue weighted by atomic mass is 10.4. The van der Waals surface area contributed by atoms with Gasteiger partial charge in [0.05, 0.1) is 6.26 Å². The molecule has 0 radical (unpaired) electrons. The van der Waals surface area contributed by atoms with E-state index in [1.165, 1.54) is 6.08 Å². The van der Waals surface area contributed by atoms with Crippen LogP contribution < -0.4 is 5.73 Å². The summed E-state index contributed by atoms with van der Waals surface area (Å²) >= 11 is 0. The molecule has 0 saturated heterocycles. The smallest absolute Gasteiger partial charge is 0.351 e. The van der Waals surface area contributed by atoms with Crippen molar-refractivity contribution in [3.63, 3.8) is 0 Å². The first kappa shape index (κ1) is 9.22. The Morgan fingerprint density at radius 3 is 2.64 bits per heavy atom. The number of nitrogens with two attached hydrogens (primary N) is 1. The first-order valence-corrected chi connectivity index (χ1v) is 2.63. The first-order chi connectivity index (χ1) is 5.18. The number of carboxylic acids is 1. The number of hydrogen-bond donors (Lipinski definition) is 2. The van der Waals surface area contributed by atoms with Gasteiger partial charge >= 0.3 is 5.97 Å². The second-order valence-corrected chi connectivity index (χ2v) is 1.49. The van der Waals surface area contributed by atoms with Gasteiger partial charge in [0.2, 0.25) is 0 Å². The fourth-order valence-electron chi connectivity index (χ4n) is 0.292. The Bertz CT molecular complexity index is 207. The molecule has 5 heteroatoms. The van der Waals surface area contributed by atoms with Crippen LogP contribution in [0, 0.1) is 0 Å². The molecule has 0 rings (SSSR count). The Hall–Kier alpha value is -1.78. The molecule has 0 spiro atoms. The molecule has 0 aromatic carbocycles. The van der Waals surface area contributed by atoms with E-state index in [0.29, 0.717) is 0 Å². The van der Waals surface area contributed by atoms with Crippen molar-refractivity contribution in [1.29, 1.82) is 0 Å². The highest BCUT2D eigenvalue weighted by molar-refractivity contribution is 5.85. The highest BCUT2D eigenvalue weighted by Gasteiger charge is 1.96. The Morgan fingerprint density at radius 2 is 2.18 bits per heavy atom. The van der Waals surface area contributed by atoms with Crippen molar-refractivity contribution in [3.05, 3.63) is 24.1 Å². The molecule has 0 aliphatic heterocycles. The second-order valence-electron chi connectivity index (χ2n) is 1.49. The van der Waals surface area contributed by atoms with Crippen molar-refractivity contribution in [3.8, 4) is 0 Å². The number of carbonyl (C=O) groups is 2. The monoisotopic (exact) mass is 157 g/mol. The predicted molar refractivity (Wildman–Crippen MR) is 36.2 cm³/mol. The molecule has 0 aliphatic carbocycles. The zero-order valence-corrected chi connectivity index (χ0v) is 5.56. The summed E-state index contributed by atoms with van der Waals surface area (Å²) < 4.78 is 4.11. The maximum atomic E-state index is 10.0. The summed E-state index contributed by atoms with van der Waals surface area (Å²) in [5.41, 5.74) is 4.64. The van der Waals surface area contributed by atoms with Crippen LogP contribution in [0.25, 0.3) is 0 Å². The lowest BCUT2D eigenvalue weighted by Crippen LogP contribution is -2.08. The summed E-state index contributed by atoms with van der Waals surface area (Å²) in [5.74, 6) is -1.22. The number of ether oxygens (including phenoxy) is 1. The zero-order chi connectivity index (χ0) is 8.69. The van der Waals surface area contributed by atoms with Gasteiger partial charge in [-0.15, -0.1) is 0 Å². The Balaban J connectivity index is 3.90. The minimum atomic E-state index is -1.22. The summed E-state index contributed by atoms with van der Waals surface area (Å²) in [7, 11) is 0. The fraction of sp³-hybridized carbons (Fsp3) is 0. The molecule has 60 valence electrons. The summed E-state index contributed by atoms with van der Waals surface area (Å²) in [6.07, 6.45) is 3.33. The van der Waals surface area contributed by atoms with Crippen LogP contribution in [0.3, 0.4) is 0 Å². The molecule has 0 fully saturated rings. The largest absolute Gasteiger partial charge is 0.477 e. The molecule has 11 heavy (non-hydrogen) atoms. The maximum absolute atomic E-state index is 10.0. The van der Waals surface area contributed by atoms with E-state index < -0.39 is 5.97 Å². The average Bonchev–Trinajstić information content (AvgIpc) is 1.97. The molecular weight excluding hydrogens is 150 g/mol. The molecule has 0 heterocycles. The van der Waals surface area contributed by atoms with E-state index in [1.54, 1.807) is 0 Å². The van der Waals surface area contributed by atoms with Gasteiger partial charge in [-0.3, -0.25) is 4.79 Å². The van der Waals surface area contributed by atoms with Crippen molar-refractivity contribution < 1.29 is 19.4 Å². The standard InChI is InChI=1S/C6H7NO4/c7-5(6(9)10)2-1-3-11-4-8/h1-4H,7H2,(H,9,10)/b3-1+,5-2-. The molecule has 0 aromatic heterocycles. The van der Waals surface area contributed by atoms with Crippen LogP contribution in [0.4, 0.5) is 0 Å². The highest BCUT2D eigenvalue weighted by atomic mass is 16.5. The molecule has 0 bridgehead atoms. The van der Waals surface area contributed by atoms with Gasteiger partial charge in [0.15, 0.2) is 0 Å². The number of allylic oxidation sites excluding steroid dienone is 2. The van der Waals surface area contributed by atoms with E-state index in [0.717, 1.165) is 12.3 Å². The van der Waals surface area contributed by atoms with Crippen LogP contribution in [0.15, 0.2) is 24.1 Å². The lowest BCUT2D eigenvalue weighted by molar-refractivity contribution is -0.132. The minimum Gasteiger partial charge on any atom is -0.477 e. The molecule has 0 aliphatic rings. The normalized spacial score (nSPS) is 11.5. The van der Waals surface area contributed by atoms with E-state index in [4.69, 9.17) is 10.8 Å². The molecular formula is C6H7NO4. The van der Waals surface area contributed by atoms with Gasteiger partial charge in [0, 0.05) is 0 Å². The summed E-state index contributed by atoms with van der Waals surface area (Å²) in [6, 6.07) is 0. The number of aliphatic carboxylic acids is 1. The average molecular weight is 157 g/mol. The maximum Gasteiger partial charge on any atom is 0.351 e. The molecule has 0 aromatic rings. The van der Waals surface area contributed by atoms with Crippen LogP contribution in [0.2, 0.25) is 0 Å². The lowest BCUT2D eigenvalue weighted by Gasteiger charge is -1.87. The molecule has 0 atom stereocenters. The van der Waals surface area contributed by atoms with E-state index >= 15 is 0 Å². The van der Waals surface area contributed by atoms with E-state index in [1.807, 2.05) is 0 Å². The number of carbonyl (C=O) groups excluding carboxylic acids is 1. The van der Waals surface area contributed by atoms with Crippen LogP contribution >= 0.6 is 0 Å². The second kappa shape index (κ2) is 5.04. The number of hydrogen-bond acceptors (Lipinski definition) is 4. The van der Waals surface area contributed by atoms with E-state index in [2.05, 4.69) is 4.74 Å². The fourth-order valence-corrected chi connectivity index (χ4v) is 0.292. The summed E-state index contributed by atoms with van der Waals surface area (Å²) in [5, 5.41) is 8.20. The van der Waals surface area contributed by atoms with Crippen LogP contribution in [0.5, 0.6) is 0 Å². The molecule has 5 nitrogen and oxygen atoms in total. The topological polar surface area (TPSA) is 89.6 Å². The van der Waals surface area contributed by atoms with Crippen LogP contribution in [0.1, 0.15) is 0 Å². The van der Waals surface area contributed by atoms with Crippen LogP contribution in [-0.4, -0.2) is 17.5 Å². The van der Waals surface area contributed by atoms with Crippen LogP contribution in [-0.2, 0) is 14.3 Å². The van der Waals surface area contributed by atoms with Gasteiger partial charge in [-0.1, -0.05) is 0 Å². The van der Waals surface area contributed by atoms with Crippen molar-refractivity contribution in [2.75, 3.05) is 0 Å². The van der Waals surface area contributed by atoms with E-state index in [9.17, 15) is 9.59 Å². The molecule has 0 unspecified atom stereocenters. The highest BCUT2D eigenvalue weighted by Crippen LogP contribution is 1.84. The van der Waals surface area contributed by atoms with Crippen molar-refractivity contribution in [2.24, 2.45) is 5.73 Å². The van der Waals surface area contributed by atoms with Gasteiger partial charge in [-0.05, 0) is 12.2 Å². The predicted octanol–water partition coefficient (Wildman–Crippen LogP) is -0.400. The third-order valence-electron chi connectivity index (χ3n) is 0.735. The Kier molecular flexibility index (Phi) is 4.22. The van der Waals surface area contributed by atoms with Gasteiger partial charge in [0.25, 0.3) is 6.47 Å². The quantitative estimate of drug-likeness (QED) is 0.251. The SMILES string of the molecule is N/C(=C\C=C\OC=O)C(=O)O. The van der Waals surface area contributed by atoms with Crippen molar-refractivity contribution in [2.45, 2.75) is 0 Å². The molecule has 0 saturated carbocycles. The van der Waals surface area contributed by atoms with E-state index in [-0.39, 0.29) is 12.2 Å². The minimum absolute atomic E-state index is 0.210. The zero-order valence-electron chi connectivity index (χ0n) is 5.56. The van der Waals surface area contributed by atoms with Crippen molar-refractivity contribution >= 4 is 12.4 Å². The third kappa shape index (κ3) is 4.71.